The Kier molecular flexibility index (Phi) is 2.80. The average molecular weight is 256 g/mol. The van der Waals surface area contributed by atoms with E-state index in [0.717, 1.165) is 16.8 Å². The Bertz CT molecular complexity index is 719. The first-order valence-electron chi connectivity index (χ1n) is 6.01. The van der Waals surface area contributed by atoms with Gasteiger partial charge in [0.15, 0.2) is 5.58 Å². The van der Waals surface area contributed by atoms with Crippen LogP contribution in [0.3, 0.4) is 0 Å². The van der Waals surface area contributed by atoms with Gasteiger partial charge in [0, 0.05) is 11.8 Å². The highest BCUT2D eigenvalue weighted by molar-refractivity contribution is 5.73. The fourth-order valence-corrected chi connectivity index (χ4v) is 2.03. The van der Waals surface area contributed by atoms with Crippen LogP contribution in [-0.2, 0) is 0 Å². The number of pyridine rings is 1. The van der Waals surface area contributed by atoms with Gasteiger partial charge in [0.1, 0.15) is 17.1 Å². The summed E-state index contributed by atoms with van der Waals surface area (Å²) in [6.07, 6.45) is 0. The monoisotopic (exact) mass is 256 g/mol. The van der Waals surface area contributed by atoms with Crippen LogP contribution in [0, 0.1) is 12.7 Å². The summed E-state index contributed by atoms with van der Waals surface area (Å²) in [4.78, 5) is 4.38. The van der Waals surface area contributed by atoms with Crippen LogP contribution in [0.25, 0.3) is 11.1 Å². The van der Waals surface area contributed by atoms with E-state index in [-0.39, 0.29) is 5.82 Å². The molecule has 3 nitrogen and oxygen atoms in total. The number of furan rings is 1. The maximum absolute atomic E-state index is 12.9. The first-order chi connectivity index (χ1) is 9.13. The molecule has 0 aliphatic heterocycles. The summed E-state index contributed by atoms with van der Waals surface area (Å²) in [5.74, 6) is 0.345. The summed E-state index contributed by atoms with van der Waals surface area (Å²) in [5, 5.41) is 0. The number of aryl methyl sites for hydroxylation is 1. The smallest absolute Gasteiger partial charge is 0.152 e. The van der Waals surface area contributed by atoms with Gasteiger partial charge in [-0.25, -0.2) is 9.37 Å². The molecule has 0 saturated heterocycles. The molecule has 0 amide bonds. The van der Waals surface area contributed by atoms with E-state index >= 15 is 0 Å². The number of fused-ring (bicyclic) bond motifs is 1. The highest BCUT2D eigenvalue weighted by Crippen LogP contribution is 2.26. The molecule has 3 rings (SSSR count). The zero-order valence-corrected chi connectivity index (χ0v) is 10.4. The van der Waals surface area contributed by atoms with Gasteiger partial charge >= 0.3 is 0 Å². The molecule has 2 aromatic heterocycles. The third-order valence-electron chi connectivity index (χ3n) is 3.07. The maximum atomic E-state index is 12.9. The molecule has 4 heteroatoms. The molecule has 19 heavy (non-hydrogen) atoms. The molecule has 1 unspecified atom stereocenters. The number of nitrogens with zero attached hydrogens (tertiary/aromatic N) is 1. The predicted octanol–water partition coefficient (Wildman–Crippen LogP) is 3.32. The fourth-order valence-electron chi connectivity index (χ4n) is 2.03. The molecule has 0 saturated carbocycles. The summed E-state index contributed by atoms with van der Waals surface area (Å²) >= 11 is 0. The van der Waals surface area contributed by atoms with Crippen LogP contribution in [0.4, 0.5) is 4.39 Å². The first kappa shape index (κ1) is 11.9. The molecule has 0 aliphatic carbocycles. The third kappa shape index (κ3) is 2.22. The van der Waals surface area contributed by atoms with Gasteiger partial charge < -0.3 is 10.2 Å². The van der Waals surface area contributed by atoms with Crippen LogP contribution in [-0.4, -0.2) is 4.98 Å². The lowest BCUT2D eigenvalue weighted by Gasteiger charge is -2.08. The highest BCUT2D eigenvalue weighted by Gasteiger charge is 2.14. The molecule has 96 valence electrons. The molecule has 3 aromatic rings. The van der Waals surface area contributed by atoms with Crippen molar-refractivity contribution in [3.63, 3.8) is 0 Å². The summed E-state index contributed by atoms with van der Waals surface area (Å²) in [6.45, 7) is 1.92. The second-order valence-corrected chi connectivity index (χ2v) is 4.51. The van der Waals surface area contributed by atoms with E-state index in [1.54, 1.807) is 12.1 Å². The second-order valence-electron chi connectivity index (χ2n) is 4.51. The molecule has 0 spiro atoms. The standard InChI is InChI=1S/C15H13FN2O/c1-9-2-7-13-12(18-9)8-14(19-13)15(17)10-3-5-11(16)6-4-10/h2-8,15H,17H2,1H3. The lowest BCUT2D eigenvalue weighted by atomic mass is 10.1. The van der Waals surface area contributed by atoms with Gasteiger partial charge in [-0.05, 0) is 36.8 Å². The Hall–Kier alpha value is -2.20. The first-order valence-corrected chi connectivity index (χ1v) is 6.01. The molecule has 0 radical (unpaired) electrons. The number of nitrogens with two attached hydrogens (primary N) is 1. The van der Waals surface area contributed by atoms with Crippen LogP contribution in [0.1, 0.15) is 23.1 Å². The van der Waals surface area contributed by atoms with Crippen molar-refractivity contribution >= 4 is 11.1 Å². The Balaban J connectivity index is 2.01. The quantitative estimate of drug-likeness (QED) is 0.765. The molecule has 2 heterocycles. The molecule has 2 N–H and O–H groups in total. The Morgan fingerprint density at radius 2 is 1.89 bits per heavy atom. The molecule has 0 aliphatic rings. The number of aromatic nitrogens is 1. The molecule has 0 bridgehead atoms. The SMILES string of the molecule is Cc1ccc2oc(C(N)c3ccc(F)cc3)cc2n1. The number of benzene rings is 1. The topological polar surface area (TPSA) is 52.0 Å². The van der Waals surface area contributed by atoms with Crippen molar-refractivity contribution in [3.05, 3.63) is 65.3 Å². The summed E-state index contributed by atoms with van der Waals surface area (Å²) in [5.41, 5.74) is 9.34. The Morgan fingerprint density at radius 3 is 2.63 bits per heavy atom. The molecular weight excluding hydrogens is 243 g/mol. The molecule has 0 fully saturated rings. The third-order valence-corrected chi connectivity index (χ3v) is 3.07. The molecule has 1 atom stereocenters. The van der Waals surface area contributed by atoms with Crippen LogP contribution in [0.5, 0.6) is 0 Å². The van der Waals surface area contributed by atoms with Crippen molar-refractivity contribution < 1.29 is 8.81 Å². The fraction of sp³-hybridized carbons (Fsp3) is 0.133. The summed E-state index contributed by atoms with van der Waals surface area (Å²) in [6, 6.07) is 11.3. The maximum Gasteiger partial charge on any atom is 0.152 e. The van der Waals surface area contributed by atoms with Crippen molar-refractivity contribution in [2.75, 3.05) is 0 Å². The van der Waals surface area contributed by atoms with Crippen LogP contribution < -0.4 is 5.73 Å². The van der Waals surface area contributed by atoms with Gasteiger partial charge in [-0.3, -0.25) is 0 Å². The lowest BCUT2D eigenvalue weighted by molar-refractivity contribution is 0.524. The minimum atomic E-state index is -0.421. The largest absolute Gasteiger partial charge is 0.457 e. The van der Waals surface area contributed by atoms with Gasteiger partial charge in [-0.1, -0.05) is 12.1 Å². The van der Waals surface area contributed by atoms with E-state index in [1.807, 2.05) is 25.1 Å². The van der Waals surface area contributed by atoms with Gasteiger partial charge in [0.25, 0.3) is 0 Å². The van der Waals surface area contributed by atoms with E-state index < -0.39 is 6.04 Å². The van der Waals surface area contributed by atoms with E-state index in [2.05, 4.69) is 4.98 Å². The van der Waals surface area contributed by atoms with Gasteiger partial charge in [0.05, 0.1) is 6.04 Å². The second kappa shape index (κ2) is 4.48. The predicted molar refractivity (Wildman–Crippen MR) is 71.2 cm³/mol. The van der Waals surface area contributed by atoms with E-state index in [9.17, 15) is 4.39 Å². The van der Waals surface area contributed by atoms with Crippen LogP contribution >= 0.6 is 0 Å². The van der Waals surface area contributed by atoms with Gasteiger partial charge in [-0.15, -0.1) is 0 Å². The van der Waals surface area contributed by atoms with Gasteiger partial charge in [-0.2, -0.15) is 0 Å². The molecule has 1 aromatic carbocycles. The van der Waals surface area contributed by atoms with Crippen LogP contribution in [0.15, 0.2) is 46.9 Å². The van der Waals surface area contributed by atoms with Crippen molar-refractivity contribution in [2.45, 2.75) is 13.0 Å². The lowest BCUT2D eigenvalue weighted by Crippen LogP contribution is -2.10. The molecular formula is C15H13FN2O. The van der Waals surface area contributed by atoms with Gasteiger partial charge in [0.2, 0.25) is 0 Å². The highest BCUT2D eigenvalue weighted by atomic mass is 19.1. The Morgan fingerprint density at radius 1 is 1.16 bits per heavy atom. The van der Waals surface area contributed by atoms with E-state index in [4.69, 9.17) is 10.2 Å². The summed E-state index contributed by atoms with van der Waals surface area (Å²) < 4.78 is 18.6. The zero-order valence-electron chi connectivity index (χ0n) is 10.4. The normalized spacial score (nSPS) is 12.8. The van der Waals surface area contributed by atoms with Crippen LogP contribution in [0.2, 0.25) is 0 Å². The number of hydrogen-bond acceptors (Lipinski definition) is 3. The number of halogens is 1. The van der Waals surface area contributed by atoms with E-state index in [0.29, 0.717) is 11.3 Å². The zero-order chi connectivity index (χ0) is 13.4. The van der Waals surface area contributed by atoms with E-state index in [1.165, 1.54) is 12.1 Å². The Labute approximate surface area is 109 Å². The number of rotatable bonds is 2. The average Bonchev–Trinajstić information content (AvgIpc) is 2.81. The van der Waals surface area contributed by atoms with Crippen molar-refractivity contribution in [1.82, 2.24) is 4.98 Å². The minimum Gasteiger partial charge on any atom is -0.457 e. The number of hydrogen-bond donors (Lipinski definition) is 1. The van der Waals surface area contributed by atoms with Crippen molar-refractivity contribution in [3.8, 4) is 0 Å². The van der Waals surface area contributed by atoms with Crippen molar-refractivity contribution in [2.24, 2.45) is 5.73 Å². The van der Waals surface area contributed by atoms with Crippen molar-refractivity contribution in [1.29, 1.82) is 0 Å². The summed E-state index contributed by atoms with van der Waals surface area (Å²) in [7, 11) is 0. The minimum absolute atomic E-state index is 0.280.